The average molecular weight is 305 g/mol. The molecule has 0 aliphatic heterocycles. The number of ether oxygens (including phenoxy) is 1. The van der Waals surface area contributed by atoms with Gasteiger partial charge in [0.1, 0.15) is 5.69 Å². The van der Waals surface area contributed by atoms with Crippen molar-refractivity contribution in [3.63, 3.8) is 0 Å². The Hall–Kier alpha value is -1.62. The molecule has 0 amide bonds. The molecule has 0 spiro atoms. The van der Waals surface area contributed by atoms with E-state index in [0.717, 1.165) is 17.7 Å². The lowest BCUT2D eigenvalue weighted by atomic mass is 9.91. The maximum absolute atomic E-state index is 11.9. The lowest BCUT2D eigenvalue weighted by Crippen LogP contribution is -2.17. The van der Waals surface area contributed by atoms with Crippen LogP contribution >= 0.6 is 11.3 Å². The lowest BCUT2D eigenvalue weighted by molar-refractivity contribution is 0.0562. The first kappa shape index (κ1) is 14.3. The van der Waals surface area contributed by atoms with Crippen molar-refractivity contribution in [2.75, 3.05) is 7.11 Å². The van der Waals surface area contributed by atoms with E-state index in [-0.39, 0.29) is 11.2 Å². The molecule has 21 heavy (non-hydrogen) atoms. The molecule has 1 aliphatic carbocycles. The average Bonchev–Trinajstić information content (AvgIpc) is 3.08. The van der Waals surface area contributed by atoms with Gasteiger partial charge in [-0.15, -0.1) is 11.3 Å². The molecule has 0 bridgehead atoms. The molecule has 0 aromatic carbocycles. The van der Waals surface area contributed by atoms with E-state index >= 15 is 0 Å². The summed E-state index contributed by atoms with van der Waals surface area (Å²) in [5.41, 5.74) is 1.77. The summed E-state index contributed by atoms with van der Waals surface area (Å²) >= 11 is 1.72. The molecule has 3 rings (SSSR count). The van der Waals surface area contributed by atoms with E-state index in [2.05, 4.69) is 11.1 Å². The topological polar surface area (TPSA) is 52.3 Å². The van der Waals surface area contributed by atoms with E-state index in [1.165, 1.54) is 24.0 Å². The fourth-order valence-corrected chi connectivity index (χ4v) is 3.78. The standard InChI is InChI=1S/C16H19NO3S/c1-16(2,3)13-12(15(18)19-4)20-14(17-13)11-8-9-6-5-7-10(9)21-11/h8H,5-7H2,1-4H3. The first-order valence-electron chi connectivity index (χ1n) is 7.11. The molecule has 1 aliphatic rings. The van der Waals surface area contributed by atoms with Crippen molar-refractivity contribution in [2.24, 2.45) is 0 Å². The summed E-state index contributed by atoms with van der Waals surface area (Å²) in [4.78, 5) is 18.9. The Labute approximate surface area is 128 Å². The summed E-state index contributed by atoms with van der Waals surface area (Å²) in [5, 5.41) is 0. The zero-order valence-corrected chi connectivity index (χ0v) is 13.6. The Morgan fingerprint density at radius 2 is 2.14 bits per heavy atom. The summed E-state index contributed by atoms with van der Waals surface area (Å²) in [6.07, 6.45) is 3.49. The number of hydrogen-bond donors (Lipinski definition) is 0. The predicted molar refractivity (Wildman–Crippen MR) is 81.9 cm³/mol. The third kappa shape index (κ3) is 2.50. The van der Waals surface area contributed by atoms with Crippen LogP contribution in [0.15, 0.2) is 10.5 Å². The molecule has 0 N–H and O–H groups in total. The molecule has 0 radical (unpaired) electrons. The van der Waals surface area contributed by atoms with Crippen LogP contribution < -0.4 is 0 Å². The normalized spacial score (nSPS) is 14.3. The van der Waals surface area contributed by atoms with Crippen LogP contribution in [0.1, 0.15) is 53.9 Å². The third-order valence-electron chi connectivity index (χ3n) is 3.67. The van der Waals surface area contributed by atoms with Gasteiger partial charge in [0.15, 0.2) is 0 Å². The molecular formula is C16H19NO3S. The van der Waals surface area contributed by atoms with Gasteiger partial charge in [0.2, 0.25) is 11.7 Å². The number of carbonyl (C=O) groups excluding carboxylic acids is 1. The lowest BCUT2D eigenvalue weighted by Gasteiger charge is -2.15. The van der Waals surface area contributed by atoms with Gasteiger partial charge >= 0.3 is 5.97 Å². The largest absolute Gasteiger partial charge is 0.463 e. The molecule has 5 heteroatoms. The van der Waals surface area contributed by atoms with Crippen molar-refractivity contribution in [2.45, 2.75) is 45.4 Å². The minimum absolute atomic E-state index is 0.216. The van der Waals surface area contributed by atoms with Gasteiger partial charge < -0.3 is 9.15 Å². The van der Waals surface area contributed by atoms with E-state index in [4.69, 9.17) is 9.15 Å². The van der Waals surface area contributed by atoms with Crippen molar-refractivity contribution in [3.05, 3.63) is 28.0 Å². The fraction of sp³-hybridized carbons (Fsp3) is 0.500. The molecule has 0 saturated carbocycles. The Bertz CT molecular complexity index is 669. The maximum atomic E-state index is 11.9. The third-order valence-corrected chi connectivity index (χ3v) is 4.89. The number of nitrogens with zero attached hydrogens (tertiary/aromatic N) is 1. The summed E-state index contributed by atoms with van der Waals surface area (Å²) < 4.78 is 10.6. The highest BCUT2D eigenvalue weighted by molar-refractivity contribution is 7.15. The summed E-state index contributed by atoms with van der Waals surface area (Å²) in [6.45, 7) is 6.03. The minimum atomic E-state index is -0.470. The first-order chi connectivity index (χ1) is 9.90. The van der Waals surface area contributed by atoms with Gasteiger partial charge in [-0.1, -0.05) is 20.8 Å². The molecule has 112 valence electrons. The first-order valence-corrected chi connectivity index (χ1v) is 7.93. The monoisotopic (exact) mass is 305 g/mol. The van der Waals surface area contributed by atoms with Crippen LogP contribution in [0.3, 0.4) is 0 Å². The van der Waals surface area contributed by atoms with Gasteiger partial charge in [0, 0.05) is 10.3 Å². The van der Waals surface area contributed by atoms with Gasteiger partial charge in [0.05, 0.1) is 12.0 Å². The number of carbonyl (C=O) groups is 1. The molecule has 2 aromatic heterocycles. The Morgan fingerprint density at radius 3 is 2.76 bits per heavy atom. The van der Waals surface area contributed by atoms with Crippen LogP contribution in [0.25, 0.3) is 10.8 Å². The van der Waals surface area contributed by atoms with Gasteiger partial charge in [-0.3, -0.25) is 0 Å². The van der Waals surface area contributed by atoms with Crippen LogP contribution in [0.5, 0.6) is 0 Å². The van der Waals surface area contributed by atoms with E-state index < -0.39 is 5.97 Å². The van der Waals surface area contributed by atoms with Crippen molar-refractivity contribution >= 4 is 17.3 Å². The molecule has 0 unspecified atom stereocenters. The van der Waals surface area contributed by atoms with Crippen LogP contribution in [-0.2, 0) is 23.0 Å². The van der Waals surface area contributed by atoms with Crippen LogP contribution in [0.2, 0.25) is 0 Å². The number of fused-ring (bicyclic) bond motifs is 1. The van der Waals surface area contributed by atoms with Gasteiger partial charge in [-0.25, -0.2) is 9.78 Å². The van der Waals surface area contributed by atoms with Crippen molar-refractivity contribution in [1.29, 1.82) is 0 Å². The maximum Gasteiger partial charge on any atom is 0.376 e. The number of hydrogen-bond acceptors (Lipinski definition) is 5. The Balaban J connectivity index is 2.07. The zero-order valence-electron chi connectivity index (χ0n) is 12.8. The summed E-state index contributed by atoms with van der Waals surface area (Å²) in [7, 11) is 1.36. The second kappa shape index (κ2) is 4.98. The van der Waals surface area contributed by atoms with Crippen molar-refractivity contribution in [1.82, 2.24) is 4.98 Å². The quantitative estimate of drug-likeness (QED) is 0.788. The molecular weight excluding hydrogens is 286 g/mol. The number of esters is 1. The fourth-order valence-electron chi connectivity index (χ4n) is 2.60. The van der Waals surface area contributed by atoms with E-state index in [1.54, 1.807) is 11.3 Å². The predicted octanol–water partition coefficient (Wildman–Crippen LogP) is 3.98. The Morgan fingerprint density at radius 1 is 1.38 bits per heavy atom. The molecule has 2 heterocycles. The van der Waals surface area contributed by atoms with E-state index in [0.29, 0.717) is 11.6 Å². The second-order valence-electron chi connectivity index (χ2n) is 6.35. The Kier molecular flexibility index (Phi) is 3.40. The number of methoxy groups -OCH3 is 1. The van der Waals surface area contributed by atoms with Gasteiger partial charge in [-0.05, 0) is 30.9 Å². The minimum Gasteiger partial charge on any atom is -0.463 e. The van der Waals surface area contributed by atoms with Crippen LogP contribution in [0, 0.1) is 0 Å². The number of thiophene rings is 1. The van der Waals surface area contributed by atoms with Crippen molar-refractivity contribution < 1.29 is 13.9 Å². The van der Waals surface area contributed by atoms with Crippen molar-refractivity contribution in [3.8, 4) is 10.8 Å². The molecule has 0 saturated heterocycles. The summed E-state index contributed by atoms with van der Waals surface area (Å²) in [5.74, 6) is 0.274. The van der Waals surface area contributed by atoms with E-state index in [9.17, 15) is 4.79 Å². The second-order valence-corrected chi connectivity index (χ2v) is 7.49. The highest BCUT2D eigenvalue weighted by Gasteiger charge is 2.30. The smallest absolute Gasteiger partial charge is 0.376 e. The van der Waals surface area contributed by atoms with Gasteiger partial charge in [0.25, 0.3) is 0 Å². The number of rotatable bonds is 2. The molecule has 4 nitrogen and oxygen atoms in total. The van der Waals surface area contributed by atoms with Crippen LogP contribution in [0.4, 0.5) is 0 Å². The van der Waals surface area contributed by atoms with E-state index in [1.807, 2.05) is 20.8 Å². The number of oxazole rings is 1. The van der Waals surface area contributed by atoms with Crippen LogP contribution in [-0.4, -0.2) is 18.1 Å². The SMILES string of the molecule is COC(=O)c1oc(-c2cc3c(s2)CCC3)nc1C(C)(C)C. The van der Waals surface area contributed by atoms with Gasteiger partial charge in [-0.2, -0.15) is 0 Å². The summed E-state index contributed by atoms with van der Waals surface area (Å²) in [6, 6.07) is 2.15. The number of aryl methyl sites for hydroxylation is 2. The molecule has 2 aromatic rings. The highest BCUT2D eigenvalue weighted by atomic mass is 32.1. The number of aromatic nitrogens is 1. The zero-order chi connectivity index (χ0) is 15.2. The molecule has 0 atom stereocenters. The molecule has 0 fully saturated rings. The highest BCUT2D eigenvalue weighted by Crippen LogP contribution is 2.38.